The molecule has 1 aliphatic rings. The van der Waals surface area contributed by atoms with Gasteiger partial charge in [0.25, 0.3) is 0 Å². The van der Waals surface area contributed by atoms with Crippen LogP contribution in [0.1, 0.15) is 31.1 Å². The number of carbonyl (C=O) groups is 1. The number of para-hydroxylation sites is 1. The number of hydrogen-bond donors (Lipinski definition) is 2. The molecule has 6 heteroatoms. The van der Waals surface area contributed by atoms with Gasteiger partial charge in [0.1, 0.15) is 5.76 Å². The van der Waals surface area contributed by atoms with Crippen molar-refractivity contribution in [2.45, 2.75) is 39.2 Å². The van der Waals surface area contributed by atoms with Crippen molar-refractivity contribution in [3.8, 4) is 0 Å². The van der Waals surface area contributed by atoms with Crippen molar-refractivity contribution in [1.82, 2.24) is 10.5 Å². The molecular weight excluding hydrogens is 316 g/mol. The average molecular weight is 342 g/mol. The van der Waals surface area contributed by atoms with Gasteiger partial charge in [-0.25, -0.2) is 0 Å². The van der Waals surface area contributed by atoms with E-state index in [1.807, 2.05) is 6.92 Å². The molecule has 1 aromatic carbocycles. The first-order chi connectivity index (χ1) is 12.2. The standard InChI is InChI=1S/C19H26N4O2/c1-3-16(19(24)21-18-13-14(2)25-22-18)20-10-6-11-23-12-9-15-7-4-5-8-17(15)23/h4-5,7-8,13,16,20H,3,6,9-12H2,1-2H3,(H,21,22,24). The van der Waals surface area contributed by atoms with E-state index < -0.39 is 0 Å². The van der Waals surface area contributed by atoms with E-state index in [4.69, 9.17) is 4.52 Å². The lowest BCUT2D eigenvalue weighted by Crippen LogP contribution is -2.41. The number of rotatable bonds is 8. The normalized spacial score (nSPS) is 14.4. The summed E-state index contributed by atoms with van der Waals surface area (Å²) in [4.78, 5) is 14.7. The number of carbonyl (C=O) groups excluding carboxylic acids is 1. The minimum atomic E-state index is -0.220. The lowest BCUT2D eigenvalue weighted by molar-refractivity contribution is -0.118. The summed E-state index contributed by atoms with van der Waals surface area (Å²) in [5.74, 6) is 1.08. The van der Waals surface area contributed by atoms with Gasteiger partial charge in [0.2, 0.25) is 5.91 Å². The molecule has 0 bridgehead atoms. The molecule has 0 spiro atoms. The minimum Gasteiger partial charge on any atom is -0.371 e. The summed E-state index contributed by atoms with van der Waals surface area (Å²) < 4.78 is 4.97. The Morgan fingerprint density at radius 1 is 1.40 bits per heavy atom. The lowest BCUT2D eigenvalue weighted by Gasteiger charge is -2.21. The van der Waals surface area contributed by atoms with Gasteiger partial charge >= 0.3 is 0 Å². The van der Waals surface area contributed by atoms with Gasteiger partial charge in [0.05, 0.1) is 6.04 Å². The Morgan fingerprint density at radius 2 is 2.24 bits per heavy atom. The molecule has 1 aromatic heterocycles. The van der Waals surface area contributed by atoms with Crippen LogP contribution in [0.5, 0.6) is 0 Å². The second kappa shape index (κ2) is 8.16. The first-order valence-corrected chi connectivity index (χ1v) is 8.98. The maximum absolute atomic E-state index is 12.3. The van der Waals surface area contributed by atoms with Gasteiger partial charge in [-0.15, -0.1) is 0 Å². The fraction of sp³-hybridized carbons (Fsp3) is 0.474. The third kappa shape index (κ3) is 4.39. The fourth-order valence-electron chi connectivity index (χ4n) is 3.25. The molecular formula is C19H26N4O2. The summed E-state index contributed by atoms with van der Waals surface area (Å²) in [6.45, 7) is 6.70. The SMILES string of the molecule is CCC(NCCCN1CCc2ccccc21)C(=O)Nc1cc(C)on1. The molecule has 2 N–H and O–H groups in total. The molecule has 0 saturated heterocycles. The van der Waals surface area contributed by atoms with Gasteiger partial charge < -0.3 is 20.1 Å². The van der Waals surface area contributed by atoms with Crippen molar-refractivity contribution in [1.29, 1.82) is 0 Å². The number of amides is 1. The first kappa shape index (κ1) is 17.5. The number of hydrogen-bond acceptors (Lipinski definition) is 5. The van der Waals surface area contributed by atoms with Gasteiger partial charge in [-0.05, 0) is 44.4 Å². The topological polar surface area (TPSA) is 70.4 Å². The Balaban J connectivity index is 1.42. The molecule has 1 amide bonds. The van der Waals surface area contributed by atoms with Crippen LogP contribution in [-0.2, 0) is 11.2 Å². The van der Waals surface area contributed by atoms with Crippen LogP contribution in [0.15, 0.2) is 34.9 Å². The summed E-state index contributed by atoms with van der Waals surface area (Å²) >= 11 is 0. The number of nitrogens with one attached hydrogen (secondary N) is 2. The smallest absolute Gasteiger partial charge is 0.242 e. The van der Waals surface area contributed by atoms with Crippen LogP contribution in [0.4, 0.5) is 11.5 Å². The largest absolute Gasteiger partial charge is 0.371 e. The van der Waals surface area contributed by atoms with Crippen LogP contribution in [-0.4, -0.2) is 36.7 Å². The summed E-state index contributed by atoms with van der Waals surface area (Å²) in [6.07, 6.45) is 2.86. The number of anilines is 2. The summed E-state index contributed by atoms with van der Waals surface area (Å²) in [7, 11) is 0. The van der Waals surface area contributed by atoms with E-state index in [9.17, 15) is 4.79 Å². The predicted octanol–water partition coefficient (Wildman–Crippen LogP) is 2.74. The summed E-state index contributed by atoms with van der Waals surface area (Å²) in [6, 6.07) is 10.1. The van der Waals surface area contributed by atoms with Crippen LogP contribution in [0, 0.1) is 6.92 Å². The number of aryl methyl sites for hydroxylation is 1. The van der Waals surface area contributed by atoms with E-state index >= 15 is 0 Å². The molecule has 0 radical (unpaired) electrons. The molecule has 25 heavy (non-hydrogen) atoms. The monoisotopic (exact) mass is 342 g/mol. The molecule has 3 rings (SSSR count). The number of fused-ring (bicyclic) bond motifs is 1. The molecule has 0 fully saturated rings. The molecule has 134 valence electrons. The molecule has 0 saturated carbocycles. The minimum absolute atomic E-state index is 0.0673. The van der Waals surface area contributed by atoms with E-state index in [0.717, 1.165) is 38.9 Å². The highest BCUT2D eigenvalue weighted by Crippen LogP contribution is 2.27. The Labute approximate surface area is 148 Å². The maximum Gasteiger partial charge on any atom is 0.242 e. The zero-order valence-electron chi connectivity index (χ0n) is 14.9. The van der Waals surface area contributed by atoms with Crippen molar-refractivity contribution < 1.29 is 9.32 Å². The zero-order chi connectivity index (χ0) is 17.6. The van der Waals surface area contributed by atoms with Crippen molar-refractivity contribution >= 4 is 17.4 Å². The molecule has 6 nitrogen and oxygen atoms in total. The molecule has 1 aliphatic heterocycles. The third-order valence-corrected chi connectivity index (χ3v) is 4.58. The Kier molecular flexibility index (Phi) is 5.71. The van der Waals surface area contributed by atoms with Crippen molar-refractivity contribution in [3.05, 3.63) is 41.7 Å². The second-order valence-corrected chi connectivity index (χ2v) is 6.45. The van der Waals surface area contributed by atoms with E-state index in [1.165, 1.54) is 11.3 Å². The molecule has 1 atom stereocenters. The Hall–Kier alpha value is -2.34. The van der Waals surface area contributed by atoms with E-state index in [1.54, 1.807) is 13.0 Å². The first-order valence-electron chi connectivity index (χ1n) is 8.98. The Morgan fingerprint density at radius 3 is 3.00 bits per heavy atom. The number of nitrogens with zero attached hydrogens (tertiary/aromatic N) is 2. The van der Waals surface area contributed by atoms with Crippen molar-refractivity contribution in [2.75, 3.05) is 29.9 Å². The van der Waals surface area contributed by atoms with Crippen LogP contribution in [0.25, 0.3) is 0 Å². The summed E-state index contributed by atoms with van der Waals surface area (Å²) in [5.41, 5.74) is 2.79. The second-order valence-electron chi connectivity index (χ2n) is 6.45. The van der Waals surface area contributed by atoms with Gasteiger partial charge in [-0.3, -0.25) is 4.79 Å². The Bertz CT molecular complexity index is 713. The van der Waals surface area contributed by atoms with E-state index in [0.29, 0.717) is 11.6 Å². The van der Waals surface area contributed by atoms with Gasteiger partial charge in [0.15, 0.2) is 5.82 Å². The number of aromatic nitrogens is 1. The third-order valence-electron chi connectivity index (χ3n) is 4.58. The van der Waals surface area contributed by atoms with Crippen LogP contribution < -0.4 is 15.5 Å². The van der Waals surface area contributed by atoms with Crippen LogP contribution >= 0.6 is 0 Å². The average Bonchev–Trinajstić information content (AvgIpc) is 3.21. The number of benzene rings is 1. The quantitative estimate of drug-likeness (QED) is 0.722. The molecule has 1 unspecified atom stereocenters. The van der Waals surface area contributed by atoms with E-state index in [-0.39, 0.29) is 11.9 Å². The highest BCUT2D eigenvalue weighted by Gasteiger charge is 2.19. The predicted molar refractivity (Wildman–Crippen MR) is 98.9 cm³/mol. The van der Waals surface area contributed by atoms with Crippen LogP contribution in [0.3, 0.4) is 0 Å². The van der Waals surface area contributed by atoms with Gasteiger partial charge in [-0.2, -0.15) is 0 Å². The maximum atomic E-state index is 12.3. The summed E-state index contributed by atoms with van der Waals surface area (Å²) in [5, 5.41) is 9.94. The molecule has 2 heterocycles. The van der Waals surface area contributed by atoms with E-state index in [2.05, 4.69) is 45.0 Å². The highest BCUT2D eigenvalue weighted by molar-refractivity contribution is 5.93. The van der Waals surface area contributed by atoms with Crippen molar-refractivity contribution in [2.24, 2.45) is 0 Å². The highest BCUT2D eigenvalue weighted by atomic mass is 16.5. The molecule has 2 aromatic rings. The van der Waals surface area contributed by atoms with Crippen molar-refractivity contribution in [3.63, 3.8) is 0 Å². The fourth-order valence-corrected chi connectivity index (χ4v) is 3.25. The van der Waals surface area contributed by atoms with Crippen LogP contribution in [0.2, 0.25) is 0 Å². The lowest BCUT2D eigenvalue weighted by atomic mass is 10.2. The van der Waals surface area contributed by atoms with Gasteiger partial charge in [-0.1, -0.05) is 30.3 Å². The zero-order valence-corrected chi connectivity index (χ0v) is 14.9. The van der Waals surface area contributed by atoms with Gasteiger partial charge in [0, 0.05) is 24.8 Å². The molecule has 0 aliphatic carbocycles.